The summed E-state index contributed by atoms with van der Waals surface area (Å²) < 4.78 is 43.7. The number of nitrogens with zero attached hydrogens (tertiary/aromatic N) is 3. The first-order chi connectivity index (χ1) is 17.1. The first-order valence-electron chi connectivity index (χ1n) is 10.5. The Morgan fingerprint density at radius 1 is 1.14 bits per heavy atom. The fourth-order valence-electron chi connectivity index (χ4n) is 2.80. The number of thiazole rings is 1. The standard InChI is InChI=1S/C24H22F3N5O3S/c1-15-4-5-17(21(33)30-20-13-18(8-9-28-20)24(25,26)27)12-16(15)6-7-19-14-29-22(36-19)31-23(34)32(2)10-11-35-3/h4-5,8-9,12-14H,10-11H2,1-3H3,(H,28,30,33)(H,29,31,34). The van der Waals surface area contributed by atoms with Crippen LogP contribution in [0.15, 0.2) is 42.7 Å². The van der Waals surface area contributed by atoms with E-state index >= 15 is 0 Å². The summed E-state index contributed by atoms with van der Waals surface area (Å²) in [4.78, 5) is 34.7. The topological polar surface area (TPSA) is 96.5 Å². The number of benzene rings is 1. The molecule has 0 saturated carbocycles. The number of aryl methyl sites for hydroxylation is 1. The van der Waals surface area contributed by atoms with E-state index in [1.54, 1.807) is 32.4 Å². The van der Waals surface area contributed by atoms with Gasteiger partial charge in [-0.05, 0) is 42.7 Å². The number of amides is 3. The van der Waals surface area contributed by atoms with Crippen LogP contribution in [0.1, 0.15) is 31.9 Å². The number of likely N-dealkylation sites (N-methyl/N-ethyl adjacent to an activating group) is 1. The Kier molecular flexibility index (Phi) is 8.63. The fraction of sp³-hybridized carbons (Fsp3) is 0.250. The molecule has 12 heteroatoms. The number of halogens is 3. The van der Waals surface area contributed by atoms with Gasteiger partial charge in [0.2, 0.25) is 0 Å². The highest BCUT2D eigenvalue weighted by atomic mass is 32.1. The molecule has 188 valence electrons. The van der Waals surface area contributed by atoms with Crippen molar-refractivity contribution in [2.24, 2.45) is 0 Å². The third kappa shape index (κ3) is 7.27. The van der Waals surface area contributed by atoms with E-state index in [0.717, 1.165) is 23.9 Å². The van der Waals surface area contributed by atoms with E-state index in [4.69, 9.17) is 4.74 Å². The number of aromatic nitrogens is 2. The molecule has 0 bridgehead atoms. The van der Waals surface area contributed by atoms with Crippen LogP contribution in [-0.2, 0) is 10.9 Å². The summed E-state index contributed by atoms with van der Waals surface area (Å²) in [5.74, 6) is 5.09. The average Bonchev–Trinajstić information content (AvgIpc) is 3.28. The number of alkyl halides is 3. The van der Waals surface area contributed by atoms with Gasteiger partial charge in [-0.2, -0.15) is 13.2 Å². The largest absolute Gasteiger partial charge is 0.416 e. The number of carbonyl (C=O) groups excluding carboxylic acids is 2. The average molecular weight is 518 g/mol. The minimum Gasteiger partial charge on any atom is -0.383 e. The highest BCUT2D eigenvalue weighted by molar-refractivity contribution is 7.16. The van der Waals surface area contributed by atoms with Crippen molar-refractivity contribution >= 4 is 34.2 Å². The Bertz CT molecular complexity index is 1310. The van der Waals surface area contributed by atoms with Crippen LogP contribution in [0.4, 0.5) is 28.9 Å². The zero-order valence-electron chi connectivity index (χ0n) is 19.6. The summed E-state index contributed by atoms with van der Waals surface area (Å²) >= 11 is 1.19. The molecule has 3 rings (SSSR count). The number of urea groups is 1. The minimum absolute atomic E-state index is 0.209. The minimum atomic E-state index is -4.55. The van der Waals surface area contributed by atoms with Crippen molar-refractivity contribution in [3.63, 3.8) is 0 Å². The number of nitrogens with one attached hydrogen (secondary N) is 2. The number of pyridine rings is 1. The van der Waals surface area contributed by atoms with Crippen molar-refractivity contribution in [2.75, 3.05) is 37.9 Å². The lowest BCUT2D eigenvalue weighted by atomic mass is 10.0. The van der Waals surface area contributed by atoms with Crippen LogP contribution in [-0.4, -0.2) is 54.1 Å². The van der Waals surface area contributed by atoms with Gasteiger partial charge in [0.1, 0.15) is 5.82 Å². The maximum absolute atomic E-state index is 12.9. The molecule has 0 aliphatic carbocycles. The van der Waals surface area contributed by atoms with Gasteiger partial charge in [-0.1, -0.05) is 23.3 Å². The Balaban J connectivity index is 1.70. The summed E-state index contributed by atoms with van der Waals surface area (Å²) in [5.41, 5.74) is 0.650. The van der Waals surface area contributed by atoms with Crippen LogP contribution in [0.2, 0.25) is 0 Å². The summed E-state index contributed by atoms with van der Waals surface area (Å²) in [6.45, 7) is 2.65. The molecule has 0 saturated heterocycles. The number of hydrogen-bond acceptors (Lipinski definition) is 6. The smallest absolute Gasteiger partial charge is 0.383 e. The van der Waals surface area contributed by atoms with E-state index in [1.165, 1.54) is 22.4 Å². The zero-order chi connectivity index (χ0) is 26.3. The van der Waals surface area contributed by atoms with Gasteiger partial charge in [-0.25, -0.2) is 14.8 Å². The van der Waals surface area contributed by atoms with Crippen molar-refractivity contribution in [3.05, 3.63) is 69.9 Å². The molecule has 2 aromatic heterocycles. The van der Waals surface area contributed by atoms with Gasteiger partial charge in [0.25, 0.3) is 5.91 Å². The summed E-state index contributed by atoms with van der Waals surface area (Å²) in [7, 11) is 3.19. The Morgan fingerprint density at radius 2 is 1.92 bits per heavy atom. The van der Waals surface area contributed by atoms with Crippen molar-refractivity contribution in [1.82, 2.24) is 14.9 Å². The predicted molar refractivity (Wildman–Crippen MR) is 130 cm³/mol. The zero-order valence-corrected chi connectivity index (χ0v) is 20.4. The monoisotopic (exact) mass is 517 g/mol. The highest BCUT2D eigenvalue weighted by Crippen LogP contribution is 2.30. The fourth-order valence-corrected chi connectivity index (χ4v) is 3.46. The van der Waals surface area contributed by atoms with E-state index in [9.17, 15) is 22.8 Å². The molecule has 0 unspecified atom stereocenters. The van der Waals surface area contributed by atoms with E-state index in [1.807, 2.05) is 6.92 Å². The molecule has 0 aliphatic heterocycles. The van der Waals surface area contributed by atoms with Crippen LogP contribution in [0.5, 0.6) is 0 Å². The van der Waals surface area contributed by atoms with Gasteiger partial charge >= 0.3 is 12.2 Å². The van der Waals surface area contributed by atoms with Gasteiger partial charge in [0, 0.05) is 38.0 Å². The normalized spacial score (nSPS) is 10.8. The first kappa shape index (κ1) is 26.7. The van der Waals surface area contributed by atoms with Gasteiger partial charge < -0.3 is 15.0 Å². The second-order valence-electron chi connectivity index (χ2n) is 7.54. The molecule has 3 amide bonds. The predicted octanol–water partition coefficient (Wildman–Crippen LogP) is 4.63. The molecule has 2 heterocycles. The third-order valence-electron chi connectivity index (χ3n) is 4.85. The molecule has 0 atom stereocenters. The second kappa shape index (κ2) is 11.7. The number of ether oxygens (including phenoxy) is 1. The molecule has 0 radical (unpaired) electrons. The van der Waals surface area contributed by atoms with Gasteiger partial charge in [0.15, 0.2) is 5.13 Å². The van der Waals surface area contributed by atoms with Crippen molar-refractivity contribution < 1.29 is 27.5 Å². The number of hydrogen-bond donors (Lipinski definition) is 2. The molecular weight excluding hydrogens is 495 g/mol. The van der Waals surface area contributed by atoms with Crippen molar-refractivity contribution in [2.45, 2.75) is 13.1 Å². The number of methoxy groups -OCH3 is 1. The Labute approximate surface area is 209 Å². The van der Waals surface area contributed by atoms with Gasteiger partial charge in [-0.3, -0.25) is 10.1 Å². The second-order valence-corrected chi connectivity index (χ2v) is 8.57. The number of carbonyl (C=O) groups is 2. The van der Waals surface area contributed by atoms with Crippen molar-refractivity contribution in [1.29, 1.82) is 0 Å². The first-order valence-corrected chi connectivity index (χ1v) is 11.3. The van der Waals surface area contributed by atoms with Crippen molar-refractivity contribution in [3.8, 4) is 11.8 Å². The molecule has 3 aromatic rings. The molecule has 0 fully saturated rings. The highest BCUT2D eigenvalue weighted by Gasteiger charge is 2.30. The molecule has 8 nitrogen and oxygen atoms in total. The molecule has 1 aromatic carbocycles. The Morgan fingerprint density at radius 3 is 2.64 bits per heavy atom. The summed E-state index contributed by atoms with van der Waals surface area (Å²) in [6.07, 6.45) is -2.05. The number of anilines is 2. The van der Waals surface area contributed by atoms with Crippen LogP contribution >= 0.6 is 11.3 Å². The molecule has 0 aliphatic rings. The van der Waals surface area contributed by atoms with Crippen LogP contribution in [0, 0.1) is 18.8 Å². The molecular formula is C24H22F3N5O3S. The van der Waals surface area contributed by atoms with E-state index in [-0.39, 0.29) is 17.4 Å². The SMILES string of the molecule is COCCN(C)C(=O)Nc1ncc(C#Cc2cc(C(=O)Nc3cc(C(F)(F)F)ccn3)ccc2C)s1. The van der Waals surface area contributed by atoms with Crippen LogP contribution < -0.4 is 10.6 Å². The van der Waals surface area contributed by atoms with Gasteiger partial charge in [-0.15, -0.1) is 0 Å². The van der Waals surface area contributed by atoms with Gasteiger partial charge in [0.05, 0.1) is 23.2 Å². The molecule has 2 N–H and O–H groups in total. The molecule has 0 spiro atoms. The van der Waals surface area contributed by atoms with E-state index in [0.29, 0.717) is 28.7 Å². The quantitative estimate of drug-likeness (QED) is 0.465. The maximum atomic E-state index is 12.9. The maximum Gasteiger partial charge on any atom is 0.416 e. The summed E-state index contributed by atoms with van der Waals surface area (Å²) in [5, 5.41) is 5.44. The lowest BCUT2D eigenvalue weighted by Crippen LogP contribution is -2.33. The third-order valence-corrected chi connectivity index (χ3v) is 5.67. The lowest BCUT2D eigenvalue weighted by Gasteiger charge is -2.15. The number of rotatable bonds is 6. The molecule has 36 heavy (non-hydrogen) atoms. The van der Waals surface area contributed by atoms with Crippen LogP contribution in [0.25, 0.3) is 0 Å². The summed E-state index contributed by atoms with van der Waals surface area (Å²) in [6, 6.07) is 6.04. The van der Waals surface area contributed by atoms with E-state index in [2.05, 4.69) is 32.4 Å². The van der Waals surface area contributed by atoms with Crippen LogP contribution in [0.3, 0.4) is 0 Å². The van der Waals surface area contributed by atoms with E-state index < -0.39 is 17.6 Å². The lowest BCUT2D eigenvalue weighted by molar-refractivity contribution is -0.137. The Hall–Kier alpha value is -3.95.